The standard InChI is InChI=1S/C14H22N2O2S2/c1-11-2-3-14(8-13(11)9-15)20(17,18)16-10-12-4-6-19-7-5-12/h2-3,8,12,16H,4-7,9-10,15H2,1H3. The first-order valence-electron chi connectivity index (χ1n) is 6.90. The maximum atomic E-state index is 12.3. The number of hydrogen-bond acceptors (Lipinski definition) is 4. The number of sulfonamides is 1. The summed E-state index contributed by atoms with van der Waals surface area (Å²) in [6.45, 7) is 2.83. The van der Waals surface area contributed by atoms with Gasteiger partial charge in [0.15, 0.2) is 0 Å². The highest BCUT2D eigenvalue weighted by molar-refractivity contribution is 7.99. The molecule has 1 aromatic carbocycles. The molecule has 112 valence electrons. The van der Waals surface area contributed by atoms with Gasteiger partial charge in [0.25, 0.3) is 0 Å². The van der Waals surface area contributed by atoms with E-state index in [4.69, 9.17) is 5.73 Å². The fraction of sp³-hybridized carbons (Fsp3) is 0.571. The Morgan fingerprint density at radius 2 is 2.05 bits per heavy atom. The third-order valence-corrected chi connectivity index (χ3v) is 6.22. The van der Waals surface area contributed by atoms with E-state index in [2.05, 4.69) is 4.72 Å². The fourth-order valence-electron chi connectivity index (χ4n) is 2.30. The van der Waals surface area contributed by atoms with Crippen LogP contribution >= 0.6 is 11.8 Å². The summed E-state index contributed by atoms with van der Waals surface area (Å²) in [4.78, 5) is 0.314. The number of benzene rings is 1. The molecule has 1 aliphatic rings. The molecule has 0 spiro atoms. The topological polar surface area (TPSA) is 72.2 Å². The molecule has 20 heavy (non-hydrogen) atoms. The summed E-state index contributed by atoms with van der Waals surface area (Å²) in [5, 5.41) is 0. The predicted molar refractivity (Wildman–Crippen MR) is 84.3 cm³/mol. The number of rotatable bonds is 5. The molecule has 6 heteroatoms. The van der Waals surface area contributed by atoms with Crippen LogP contribution in [0.2, 0.25) is 0 Å². The quantitative estimate of drug-likeness (QED) is 0.870. The van der Waals surface area contributed by atoms with Gasteiger partial charge >= 0.3 is 0 Å². The third kappa shape index (κ3) is 3.97. The second-order valence-electron chi connectivity index (χ2n) is 5.20. The van der Waals surface area contributed by atoms with E-state index in [1.165, 1.54) is 0 Å². The van der Waals surface area contributed by atoms with Crippen LogP contribution in [0.4, 0.5) is 0 Å². The first kappa shape index (κ1) is 15.8. The zero-order valence-electron chi connectivity index (χ0n) is 11.8. The molecular weight excluding hydrogens is 292 g/mol. The molecule has 1 heterocycles. The Bertz CT molecular complexity index is 552. The van der Waals surface area contributed by atoms with Gasteiger partial charge in [0.1, 0.15) is 0 Å². The van der Waals surface area contributed by atoms with Crippen LogP contribution in [0.3, 0.4) is 0 Å². The number of hydrogen-bond donors (Lipinski definition) is 2. The van der Waals surface area contributed by atoms with Crippen LogP contribution in [-0.4, -0.2) is 26.5 Å². The minimum atomic E-state index is -3.42. The highest BCUT2D eigenvalue weighted by atomic mass is 32.2. The van der Waals surface area contributed by atoms with Gasteiger partial charge in [-0.25, -0.2) is 13.1 Å². The summed E-state index contributed by atoms with van der Waals surface area (Å²) in [7, 11) is -3.42. The lowest BCUT2D eigenvalue weighted by atomic mass is 10.0. The lowest BCUT2D eigenvalue weighted by Crippen LogP contribution is -2.31. The van der Waals surface area contributed by atoms with Gasteiger partial charge in [-0.05, 0) is 60.4 Å². The molecule has 0 atom stereocenters. The molecule has 1 aliphatic heterocycles. The van der Waals surface area contributed by atoms with Gasteiger partial charge in [-0.2, -0.15) is 11.8 Å². The van der Waals surface area contributed by atoms with Gasteiger partial charge in [0.2, 0.25) is 10.0 Å². The van der Waals surface area contributed by atoms with E-state index in [-0.39, 0.29) is 0 Å². The number of nitrogens with one attached hydrogen (secondary N) is 1. The molecule has 0 aromatic heterocycles. The molecular formula is C14H22N2O2S2. The predicted octanol–water partition coefficient (Wildman–Crippen LogP) is 1.88. The van der Waals surface area contributed by atoms with Crippen molar-refractivity contribution in [2.45, 2.75) is 31.2 Å². The molecule has 1 fully saturated rings. The highest BCUT2D eigenvalue weighted by Gasteiger charge is 2.19. The number of thioether (sulfide) groups is 1. The van der Waals surface area contributed by atoms with Crippen LogP contribution in [0, 0.1) is 12.8 Å². The van der Waals surface area contributed by atoms with Crippen molar-refractivity contribution in [3.05, 3.63) is 29.3 Å². The smallest absolute Gasteiger partial charge is 0.240 e. The van der Waals surface area contributed by atoms with Crippen LogP contribution in [0.15, 0.2) is 23.1 Å². The average molecular weight is 314 g/mol. The lowest BCUT2D eigenvalue weighted by molar-refractivity contribution is 0.476. The van der Waals surface area contributed by atoms with Crippen molar-refractivity contribution < 1.29 is 8.42 Å². The molecule has 1 saturated heterocycles. The van der Waals surface area contributed by atoms with Crippen LogP contribution in [0.1, 0.15) is 24.0 Å². The molecule has 2 rings (SSSR count). The third-order valence-electron chi connectivity index (χ3n) is 3.75. The highest BCUT2D eigenvalue weighted by Crippen LogP contribution is 2.22. The Morgan fingerprint density at radius 1 is 1.35 bits per heavy atom. The molecule has 0 aliphatic carbocycles. The Labute approximate surface area is 125 Å². The van der Waals surface area contributed by atoms with E-state index in [1.54, 1.807) is 12.1 Å². The van der Waals surface area contributed by atoms with Crippen LogP contribution < -0.4 is 10.5 Å². The normalized spacial score (nSPS) is 17.3. The van der Waals surface area contributed by atoms with Crippen molar-refractivity contribution in [1.29, 1.82) is 0 Å². The Kier molecular flexibility index (Phi) is 5.49. The van der Waals surface area contributed by atoms with Crippen LogP contribution in [-0.2, 0) is 16.6 Å². The van der Waals surface area contributed by atoms with E-state index in [0.717, 1.165) is 35.5 Å². The summed E-state index contributed by atoms with van der Waals surface area (Å²) >= 11 is 1.94. The minimum Gasteiger partial charge on any atom is -0.326 e. The van der Waals surface area contributed by atoms with Crippen molar-refractivity contribution in [2.75, 3.05) is 18.1 Å². The first-order chi connectivity index (χ1) is 9.53. The SMILES string of the molecule is Cc1ccc(S(=O)(=O)NCC2CCSCC2)cc1CN. The molecule has 1 aromatic rings. The largest absolute Gasteiger partial charge is 0.326 e. The summed E-state index contributed by atoms with van der Waals surface area (Å²) in [6, 6.07) is 5.13. The molecule has 4 nitrogen and oxygen atoms in total. The van der Waals surface area contributed by atoms with Gasteiger partial charge in [-0.3, -0.25) is 0 Å². The first-order valence-corrected chi connectivity index (χ1v) is 9.53. The molecule has 0 radical (unpaired) electrons. The Hall–Kier alpha value is -0.560. The second-order valence-corrected chi connectivity index (χ2v) is 8.19. The maximum absolute atomic E-state index is 12.3. The Balaban J connectivity index is 2.05. The van der Waals surface area contributed by atoms with Crippen molar-refractivity contribution in [3.63, 3.8) is 0 Å². The van der Waals surface area contributed by atoms with E-state index in [9.17, 15) is 8.42 Å². The van der Waals surface area contributed by atoms with Gasteiger partial charge in [0.05, 0.1) is 4.90 Å². The van der Waals surface area contributed by atoms with Crippen LogP contribution in [0.5, 0.6) is 0 Å². The number of nitrogens with two attached hydrogens (primary N) is 1. The molecule has 0 saturated carbocycles. The summed E-state index contributed by atoms with van der Waals surface area (Å²) in [5.41, 5.74) is 7.54. The molecule has 0 bridgehead atoms. The molecule has 3 N–H and O–H groups in total. The lowest BCUT2D eigenvalue weighted by Gasteiger charge is -2.21. The van der Waals surface area contributed by atoms with E-state index in [0.29, 0.717) is 23.9 Å². The van der Waals surface area contributed by atoms with E-state index in [1.807, 2.05) is 24.8 Å². The monoisotopic (exact) mass is 314 g/mol. The van der Waals surface area contributed by atoms with Gasteiger partial charge in [-0.15, -0.1) is 0 Å². The summed E-state index contributed by atoms with van der Waals surface area (Å²) in [5.74, 6) is 2.73. The van der Waals surface area contributed by atoms with Gasteiger partial charge in [-0.1, -0.05) is 6.07 Å². The van der Waals surface area contributed by atoms with Gasteiger partial charge < -0.3 is 5.73 Å². The summed E-state index contributed by atoms with van der Waals surface area (Å²) in [6.07, 6.45) is 2.18. The van der Waals surface area contributed by atoms with Crippen molar-refractivity contribution >= 4 is 21.8 Å². The zero-order chi connectivity index (χ0) is 14.6. The van der Waals surface area contributed by atoms with Gasteiger partial charge in [0, 0.05) is 13.1 Å². The second kappa shape index (κ2) is 6.93. The van der Waals surface area contributed by atoms with Crippen molar-refractivity contribution in [2.24, 2.45) is 11.7 Å². The van der Waals surface area contributed by atoms with E-state index < -0.39 is 10.0 Å². The molecule has 0 unspecified atom stereocenters. The van der Waals surface area contributed by atoms with Crippen molar-refractivity contribution in [1.82, 2.24) is 4.72 Å². The van der Waals surface area contributed by atoms with Crippen molar-refractivity contribution in [3.8, 4) is 0 Å². The molecule has 0 amide bonds. The summed E-state index contributed by atoms with van der Waals surface area (Å²) < 4.78 is 27.3. The van der Waals surface area contributed by atoms with Crippen LogP contribution in [0.25, 0.3) is 0 Å². The fourth-order valence-corrected chi connectivity index (χ4v) is 4.67. The maximum Gasteiger partial charge on any atom is 0.240 e. The Morgan fingerprint density at radius 3 is 2.70 bits per heavy atom. The average Bonchev–Trinajstić information content (AvgIpc) is 2.46. The minimum absolute atomic E-state index is 0.314. The van der Waals surface area contributed by atoms with E-state index >= 15 is 0 Å². The zero-order valence-corrected chi connectivity index (χ0v) is 13.4. The number of aryl methyl sites for hydroxylation is 1.